The van der Waals surface area contributed by atoms with Gasteiger partial charge in [0.25, 0.3) is 5.69 Å². The molecule has 0 bridgehead atoms. The van der Waals surface area contributed by atoms with Crippen LogP contribution in [0, 0.1) is 10.1 Å². The number of nitrogens with one attached hydrogen (secondary N) is 1. The monoisotopic (exact) mass is 536 g/mol. The number of amides is 1. The highest BCUT2D eigenvalue weighted by Crippen LogP contribution is 2.39. The molecule has 0 radical (unpaired) electrons. The van der Waals surface area contributed by atoms with Gasteiger partial charge in [0.2, 0.25) is 0 Å². The van der Waals surface area contributed by atoms with Crippen LogP contribution in [0.2, 0.25) is 0 Å². The number of nitro groups is 1. The molecule has 1 aliphatic rings. The van der Waals surface area contributed by atoms with E-state index in [0.717, 1.165) is 11.3 Å². The number of benzene rings is 2. The summed E-state index contributed by atoms with van der Waals surface area (Å²) in [6.45, 7) is 6.08. The van der Waals surface area contributed by atoms with Gasteiger partial charge in [-0.15, -0.1) is 0 Å². The number of carbonyl (C=O) groups is 2. The Morgan fingerprint density at radius 1 is 1.08 bits per heavy atom. The molecule has 1 heterocycles. The number of aromatic nitrogens is 2. The van der Waals surface area contributed by atoms with Gasteiger partial charge in [0.15, 0.2) is 0 Å². The van der Waals surface area contributed by atoms with Gasteiger partial charge in [0, 0.05) is 31.2 Å². The summed E-state index contributed by atoms with van der Waals surface area (Å²) in [4.78, 5) is 35.7. The molecule has 11 nitrogen and oxygen atoms in total. The normalized spacial score (nSPS) is 18.9. The second-order valence-electron chi connectivity index (χ2n) is 10.4. The van der Waals surface area contributed by atoms with E-state index in [4.69, 9.17) is 19.3 Å². The van der Waals surface area contributed by atoms with Crippen LogP contribution in [-0.4, -0.2) is 46.1 Å². The number of nitro benzene ring substituents is 1. The van der Waals surface area contributed by atoms with E-state index in [-0.39, 0.29) is 29.9 Å². The quantitative estimate of drug-likeness (QED) is 0.229. The third-order valence-electron chi connectivity index (χ3n) is 6.55. The van der Waals surface area contributed by atoms with Gasteiger partial charge in [-0.2, -0.15) is 5.10 Å². The van der Waals surface area contributed by atoms with Gasteiger partial charge in [0.05, 0.1) is 27.8 Å². The number of nitrogens with zero attached hydrogens (tertiary/aromatic N) is 3. The first kappa shape index (κ1) is 27.8. The fourth-order valence-electron chi connectivity index (χ4n) is 4.56. The maximum absolute atomic E-state index is 12.7. The Morgan fingerprint density at radius 3 is 2.36 bits per heavy atom. The molecule has 3 atom stereocenters. The molecule has 1 N–H and O–H groups in total. The Kier molecular flexibility index (Phi) is 8.29. The van der Waals surface area contributed by atoms with Gasteiger partial charge in [-0.25, -0.2) is 14.3 Å². The second-order valence-corrected chi connectivity index (χ2v) is 10.4. The largest absolute Gasteiger partial charge is 0.456 e. The molecule has 0 spiro atoms. The summed E-state index contributed by atoms with van der Waals surface area (Å²) >= 11 is 0. The summed E-state index contributed by atoms with van der Waals surface area (Å²) in [6, 6.07) is 16.5. The lowest BCUT2D eigenvalue weighted by Crippen LogP contribution is -2.27. The Morgan fingerprint density at radius 2 is 1.74 bits per heavy atom. The molecule has 206 valence electrons. The van der Waals surface area contributed by atoms with E-state index in [0.29, 0.717) is 18.7 Å². The third kappa shape index (κ3) is 6.80. The second kappa shape index (κ2) is 11.6. The zero-order chi connectivity index (χ0) is 28.2. The van der Waals surface area contributed by atoms with Gasteiger partial charge in [0.1, 0.15) is 18.5 Å². The van der Waals surface area contributed by atoms with Crippen LogP contribution in [0.3, 0.4) is 0 Å². The summed E-state index contributed by atoms with van der Waals surface area (Å²) in [5, 5.41) is 18.5. The van der Waals surface area contributed by atoms with Crippen LogP contribution in [0.25, 0.3) is 0 Å². The number of non-ortho nitro benzene ring substituents is 1. The highest BCUT2D eigenvalue weighted by molar-refractivity contribution is 5.89. The van der Waals surface area contributed by atoms with Crippen molar-refractivity contribution >= 4 is 23.6 Å². The maximum atomic E-state index is 12.7. The minimum atomic E-state index is -0.591. The van der Waals surface area contributed by atoms with Crippen LogP contribution >= 0.6 is 0 Å². The Balaban J connectivity index is 1.45. The molecule has 0 aliphatic heterocycles. The van der Waals surface area contributed by atoms with Crippen LogP contribution in [-0.2, 0) is 26.4 Å². The standard InChI is InChI=1S/C28H32N4O7/c1-28(2,3)31-25(29-27(34)38-17-18-8-6-5-7-9-18)16-22(30-31)20-14-23(37-4)24(15-20)39-26(33)19-10-12-21(13-11-19)32(35)36/h5-13,16,20,23-24H,14-15,17H2,1-4H3,(H,29,34)/t20-,23+,24-/m0/s1. The zero-order valence-corrected chi connectivity index (χ0v) is 22.3. The number of rotatable bonds is 8. The molecule has 2 aromatic carbocycles. The number of hydrogen-bond donors (Lipinski definition) is 1. The van der Waals surface area contributed by atoms with Crippen molar-refractivity contribution in [3.8, 4) is 0 Å². The van der Waals surface area contributed by atoms with E-state index >= 15 is 0 Å². The molecule has 0 unspecified atom stereocenters. The molecule has 1 amide bonds. The van der Waals surface area contributed by atoms with Crippen LogP contribution in [0.15, 0.2) is 60.7 Å². The van der Waals surface area contributed by atoms with Crippen molar-refractivity contribution < 1.29 is 28.7 Å². The van der Waals surface area contributed by atoms with Crippen LogP contribution in [0.4, 0.5) is 16.3 Å². The fraction of sp³-hybridized carbons (Fsp3) is 0.393. The van der Waals surface area contributed by atoms with Gasteiger partial charge >= 0.3 is 12.1 Å². The number of ether oxygens (including phenoxy) is 3. The van der Waals surface area contributed by atoms with Crippen molar-refractivity contribution in [1.82, 2.24) is 9.78 Å². The summed E-state index contributed by atoms with van der Waals surface area (Å²) in [6.07, 6.45) is -0.449. The van der Waals surface area contributed by atoms with Crippen LogP contribution in [0.1, 0.15) is 61.1 Å². The van der Waals surface area contributed by atoms with Crippen molar-refractivity contribution in [2.24, 2.45) is 0 Å². The average Bonchev–Trinajstić information content (AvgIpc) is 3.52. The first-order valence-electron chi connectivity index (χ1n) is 12.6. The van der Waals surface area contributed by atoms with E-state index in [2.05, 4.69) is 5.32 Å². The molecule has 1 aromatic heterocycles. The minimum absolute atomic E-state index is 0.0888. The van der Waals surface area contributed by atoms with Gasteiger partial charge < -0.3 is 14.2 Å². The van der Waals surface area contributed by atoms with E-state index < -0.39 is 28.6 Å². The highest BCUT2D eigenvalue weighted by Gasteiger charge is 2.40. The number of esters is 1. The van der Waals surface area contributed by atoms with E-state index in [1.807, 2.05) is 57.2 Å². The van der Waals surface area contributed by atoms with E-state index in [1.54, 1.807) is 11.8 Å². The fourth-order valence-corrected chi connectivity index (χ4v) is 4.56. The summed E-state index contributed by atoms with van der Waals surface area (Å²) in [7, 11) is 1.56. The molecule has 4 rings (SSSR count). The van der Waals surface area contributed by atoms with Crippen molar-refractivity contribution in [1.29, 1.82) is 0 Å². The van der Waals surface area contributed by atoms with E-state index in [1.165, 1.54) is 24.3 Å². The topological polar surface area (TPSA) is 135 Å². The van der Waals surface area contributed by atoms with Crippen molar-refractivity contribution in [3.05, 3.63) is 87.6 Å². The predicted octanol–water partition coefficient (Wildman–Crippen LogP) is 5.41. The average molecular weight is 537 g/mol. The SMILES string of the molecule is CO[C@@H]1C[C@H](c2cc(NC(=O)OCc3ccccc3)n(C(C)(C)C)n2)C[C@@H]1OC(=O)c1ccc([N+](=O)[O-])cc1. The first-order valence-corrected chi connectivity index (χ1v) is 12.6. The molecule has 11 heteroatoms. The van der Waals surface area contributed by atoms with Crippen molar-refractivity contribution in [2.45, 2.75) is 63.9 Å². The smallest absolute Gasteiger partial charge is 0.413 e. The summed E-state index contributed by atoms with van der Waals surface area (Å²) in [5.41, 5.74) is 1.30. The number of anilines is 1. The molecule has 39 heavy (non-hydrogen) atoms. The number of hydrogen-bond acceptors (Lipinski definition) is 8. The lowest BCUT2D eigenvalue weighted by atomic mass is 10.0. The Bertz CT molecular complexity index is 1320. The number of carbonyl (C=O) groups excluding carboxylic acids is 2. The lowest BCUT2D eigenvalue weighted by molar-refractivity contribution is -0.384. The highest BCUT2D eigenvalue weighted by atomic mass is 16.6. The zero-order valence-electron chi connectivity index (χ0n) is 22.3. The molecule has 0 saturated heterocycles. The minimum Gasteiger partial charge on any atom is -0.456 e. The molecular weight excluding hydrogens is 504 g/mol. The Hall–Kier alpha value is -4.25. The molecule has 1 saturated carbocycles. The van der Waals surface area contributed by atoms with Crippen molar-refractivity contribution in [3.63, 3.8) is 0 Å². The molecule has 1 aliphatic carbocycles. The lowest BCUT2D eigenvalue weighted by Gasteiger charge is -2.22. The summed E-state index contributed by atoms with van der Waals surface area (Å²) in [5.74, 6) is -0.175. The molecular formula is C28H32N4O7. The third-order valence-corrected chi connectivity index (χ3v) is 6.55. The molecule has 1 fully saturated rings. The van der Waals surface area contributed by atoms with Gasteiger partial charge in [-0.1, -0.05) is 30.3 Å². The number of methoxy groups -OCH3 is 1. The van der Waals surface area contributed by atoms with Crippen LogP contribution in [0.5, 0.6) is 0 Å². The Labute approximate surface area is 226 Å². The first-order chi connectivity index (χ1) is 18.5. The molecule has 3 aromatic rings. The van der Waals surface area contributed by atoms with Gasteiger partial charge in [-0.3, -0.25) is 15.4 Å². The van der Waals surface area contributed by atoms with Crippen LogP contribution < -0.4 is 5.32 Å². The van der Waals surface area contributed by atoms with Gasteiger partial charge in [-0.05, 0) is 51.3 Å². The maximum Gasteiger partial charge on any atom is 0.413 e. The van der Waals surface area contributed by atoms with Crippen molar-refractivity contribution in [2.75, 3.05) is 12.4 Å². The van der Waals surface area contributed by atoms with E-state index in [9.17, 15) is 19.7 Å². The predicted molar refractivity (Wildman–Crippen MR) is 143 cm³/mol. The summed E-state index contributed by atoms with van der Waals surface area (Å²) < 4.78 is 18.5.